The highest BCUT2D eigenvalue weighted by molar-refractivity contribution is 9.10. The second-order valence-corrected chi connectivity index (χ2v) is 6.91. The number of rotatable bonds is 3. The standard InChI is InChI=1S/C13H16BrNO3S/c1-8-3-2-5-13(7-8,12(17)18)15-11(16)10-9(14)4-6-19-10/h4,6,8H,2-3,5,7H2,1H3,(H,15,16)(H,17,18). The van der Waals surface area contributed by atoms with Gasteiger partial charge in [-0.2, -0.15) is 0 Å². The van der Waals surface area contributed by atoms with Crippen LogP contribution in [0.3, 0.4) is 0 Å². The molecule has 6 heteroatoms. The first-order chi connectivity index (χ1) is 8.94. The molecule has 1 aromatic heterocycles. The summed E-state index contributed by atoms with van der Waals surface area (Å²) in [4.78, 5) is 24.3. The van der Waals surface area contributed by atoms with Crippen LogP contribution in [-0.4, -0.2) is 22.5 Å². The molecule has 19 heavy (non-hydrogen) atoms. The second kappa shape index (κ2) is 5.63. The number of amides is 1. The summed E-state index contributed by atoms with van der Waals surface area (Å²) in [6.45, 7) is 2.03. The average Bonchev–Trinajstić information content (AvgIpc) is 2.75. The maximum Gasteiger partial charge on any atom is 0.329 e. The number of carboxylic acid groups (broad SMARTS) is 1. The summed E-state index contributed by atoms with van der Waals surface area (Å²) >= 11 is 4.61. The predicted molar refractivity (Wildman–Crippen MR) is 77.5 cm³/mol. The SMILES string of the molecule is CC1CCCC(NC(=O)c2sccc2Br)(C(=O)O)C1. The van der Waals surface area contributed by atoms with Gasteiger partial charge in [-0.05, 0) is 46.1 Å². The number of nitrogens with one attached hydrogen (secondary N) is 1. The zero-order valence-corrected chi connectivity index (χ0v) is 13.0. The fourth-order valence-corrected chi connectivity index (χ4v) is 4.09. The molecular formula is C13H16BrNO3S. The predicted octanol–water partition coefficient (Wildman–Crippen LogP) is 3.27. The molecule has 1 amide bonds. The molecule has 2 unspecified atom stereocenters. The van der Waals surface area contributed by atoms with E-state index in [-0.39, 0.29) is 5.91 Å². The van der Waals surface area contributed by atoms with E-state index >= 15 is 0 Å². The molecule has 1 fully saturated rings. The van der Waals surface area contributed by atoms with Gasteiger partial charge in [0.25, 0.3) is 5.91 Å². The molecule has 1 aliphatic rings. The lowest BCUT2D eigenvalue weighted by Crippen LogP contribution is -2.56. The third-order valence-corrected chi connectivity index (χ3v) is 5.42. The van der Waals surface area contributed by atoms with Crippen molar-refractivity contribution in [2.45, 2.75) is 38.1 Å². The number of carboxylic acids is 1. The van der Waals surface area contributed by atoms with E-state index in [2.05, 4.69) is 21.2 Å². The fraction of sp³-hybridized carbons (Fsp3) is 0.538. The zero-order valence-electron chi connectivity index (χ0n) is 10.6. The van der Waals surface area contributed by atoms with Gasteiger partial charge in [-0.15, -0.1) is 11.3 Å². The van der Waals surface area contributed by atoms with Crippen molar-refractivity contribution in [3.63, 3.8) is 0 Å². The quantitative estimate of drug-likeness (QED) is 0.883. The molecular weight excluding hydrogens is 330 g/mol. The van der Waals surface area contributed by atoms with Crippen molar-refractivity contribution in [1.82, 2.24) is 5.32 Å². The van der Waals surface area contributed by atoms with Crippen molar-refractivity contribution in [3.05, 3.63) is 20.8 Å². The van der Waals surface area contributed by atoms with E-state index in [9.17, 15) is 14.7 Å². The van der Waals surface area contributed by atoms with Gasteiger partial charge in [0, 0.05) is 4.47 Å². The van der Waals surface area contributed by atoms with E-state index in [4.69, 9.17) is 0 Å². The van der Waals surface area contributed by atoms with Gasteiger partial charge < -0.3 is 10.4 Å². The van der Waals surface area contributed by atoms with Gasteiger partial charge >= 0.3 is 5.97 Å². The van der Waals surface area contributed by atoms with E-state index in [1.165, 1.54) is 11.3 Å². The number of hydrogen-bond donors (Lipinski definition) is 2. The van der Waals surface area contributed by atoms with E-state index in [1.54, 1.807) is 11.4 Å². The number of aliphatic carboxylic acids is 1. The molecule has 1 aliphatic carbocycles. The Morgan fingerprint density at radius 3 is 2.84 bits per heavy atom. The highest BCUT2D eigenvalue weighted by atomic mass is 79.9. The summed E-state index contributed by atoms with van der Waals surface area (Å²) in [5, 5.41) is 14.0. The summed E-state index contributed by atoms with van der Waals surface area (Å²) in [5.74, 6) is -0.921. The number of carbonyl (C=O) groups is 2. The van der Waals surface area contributed by atoms with Gasteiger partial charge in [-0.3, -0.25) is 4.79 Å². The van der Waals surface area contributed by atoms with Gasteiger partial charge in [-0.25, -0.2) is 4.79 Å². The molecule has 2 rings (SSSR count). The first-order valence-corrected chi connectivity index (χ1v) is 7.91. The minimum atomic E-state index is -1.11. The van der Waals surface area contributed by atoms with E-state index in [0.29, 0.717) is 28.1 Å². The molecule has 1 aromatic rings. The van der Waals surface area contributed by atoms with Crippen LogP contribution in [0.25, 0.3) is 0 Å². The molecule has 0 radical (unpaired) electrons. The van der Waals surface area contributed by atoms with Crippen molar-refractivity contribution >= 4 is 39.1 Å². The summed E-state index contributed by atoms with van der Waals surface area (Å²) in [6, 6.07) is 1.79. The van der Waals surface area contributed by atoms with Gasteiger partial charge in [0.05, 0.1) is 0 Å². The second-order valence-electron chi connectivity index (χ2n) is 5.14. The van der Waals surface area contributed by atoms with Crippen molar-refractivity contribution in [2.24, 2.45) is 5.92 Å². The highest BCUT2D eigenvalue weighted by Gasteiger charge is 2.43. The smallest absolute Gasteiger partial charge is 0.329 e. The first-order valence-electron chi connectivity index (χ1n) is 6.23. The Morgan fingerprint density at radius 2 is 2.32 bits per heavy atom. The van der Waals surface area contributed by atoms with Crippen LogP contribution in [0.1, 0.15) is 42.3 Å². The third-order valence-electron chi connectivity index (χ3n) is 3.58. The monoisotopic (exact) mass is 345 g/mol. The summed E-state index contributed by atoms with van der Waals surface area (Å²) < 4.78 is 0.708. The van der Waals surface area contributed by atoms with Gasteiger partial charge in [-0.1, -0.05) is 19.8 Å². The Kier molecular flexibility index (Phi) is 4.30. The Bertz CT molecular complexity index is 502. The lowest BCUT2D eigenvalue weighted by molar-refractivity contribution is -0.146. The van der Waals surface area contributed by atoms with E-state index < -0.39 is 11.5 Å². The zero-order chi connectivity index (χ0) is 14.0. The van der Waals surface area contributed by atoms with Gasteiger partial charge in [0.2, 0.25) is 0 Å². The van der Waals surface area contributed by atoms with Crippen molar-refractivity contribution in [1.29, 1.82) is 0 Å². The van der Waals surface area contributed by atoms with Crippen LogP contribution in [0.15, 0.2) is 15.9 Å². The molecule has 0 saturated heterocycles. The normalized spacial score (nSPS) is 26.9. The first kappa shape index (κ1) is 14.5. The van der Waals surface area contributed by atoms with Crippen LogP contribution in [0.2, 0.25) is 0 Å². The van der Waals surface area contributed by atoms with Crippen LogP contribution < -0.4 is 5.32 Å². The highest BCUT2D eigenvalue weighted by Crippen LogP contribution is 2.33. The summed E-state index contributed by atoms with van der Waals surface area (Å²) in [5.41, 5.74) is -1.11. The minimum absolute atomic E-state index is 0.307. The third kappa shape index (κ3) is 3.00. The van der Waals surface area contributed by atoms with Crippen molar-refractivity contribution in [2.75, 3.05) is 0 Å². The van der Waals surface area contributed by atoms with Crippen molar-refractivity contribution in [3.8, 4) is 0 Å². The Balaban J connectivity index is 2.20. The molecule has 0 aromatic carbocycles. The van der Waals surface area contributed by atoms with Crippen LogP contribution in [0.5, 0.6) is 0 Å². The van der Waals surface area contributed by atoms with Crippen molar-refractivity contribution < 1.29 is 14.7 Å². The number of halogens is 1. The molecule has 0 spiro atoms. The molecule has 4 nitrogen and oxygen atoms in total. The lowest BCUT2D eigenvalue weighted by atomic mass is 9.76. The Labute approximate surface area is 124 Å². The van der Waals surface area contributed by atoms with Crippen LogP contribution >= 0.6 is 27.3 Å². The number of hydrogen-bond acceptors (Lipinski definition) is 3. The summed E-state index contributed by atoms with van der Waals surface area (Å²) in [7, 11) is 0. The number of thiophene rings is 1. The fourth-order valence-electron chi connectivity index (χ4n) is 2.64. The minimum Gasteiger partial charge on any atom is -0.480 e. The Hall–Kier alpha value is -0.880. The molecule has 2 atom stereocenters. The lowest BCUT2D eigenvalue weighted by Gasteiger charge is -2.36. The number of carbonyl (C=O) groups excluding carboxylic acids is 1. The maximum absolute atomic E-state index is 12.2. The van der Waals surface area contributed by atoms with Gasteiger partial charge in [0.15, 0.2) is 0 Å². The molecule has 0 bridgehead atoms. The van der Waals surface area contributed by atoms with E-state index in [1.807, 2.05) is 6.92 Å². The van der Waals surface area contributed by atoms with E-state index in [0.717, 1.165) is 12.8 Å². The van der Waals surface area contributed by atoms with Crippen LogP contribution in [0, 0.1) is 5.92 Å². The maximum atomic E-state index is 12.2. The van der Waals surface area contributed by atoms with Crippen LogP contribution in [0.4, 0.5) is 0 Å². The molecule has 2 N–H and O–H groups in total. The topological polar surface area (TPSA) is 66.4 Å². The van der Waals surface area contributed by atoms with Crippen LogP contribution in [-0.2, 0) is 4.79 Å². The molecule has 1 heterocycles. The molecule has 0 aliphatic heterocycles. The summed E-state index contributed by atoms with van der Waals surface area (Å²) in [6.07, 6.45) is 2.85. The molecule has 1 saturated carbocycles. The Morgan fingerprint density at radius 1 is 1.58 bits per heavy atom. The van der Waals surface area contributed by atoms with Gasteiger partial charge in [0.1, 0.15) is 10.4 Å². The largest absolute Gasteiger partial charge is 0.480 e. The average molecular weight is 346 g/mol. The molecule has 104 valence electrons.